The average molecular weight is 1070 g/mol. The third-order valence-electron chi connectivity index (χ3n) is 11.8. The topological polar surface area (TPSA) is 480 Å². The zero-order valence-electron chi connectivity index (χ0n) is 41.0. The molecule has 0 aromatic heterocycles. The molecule has 2 aromatic rings. The number of nitrogens with two attached hydrogens (primary N) is 1. The van der Waals surface area contributed by atoms with Crippen LogP contribution in [0.1, 0.15) is 69.4 Å². The number of benzene rings is 2. The van der Waals surface area contributed by atoms with Crippen molar-refractivity contribution in [2.75, 3.05) is 19.8 Å². The lowest BCUT2D eigenvalue weighted by molar-refractivity contribution is -0.146. The maximum atomic E-state index is 14.4. The molecule has 76 heavy (non-hydrogen) atoms. The highest BCUT2D eigenvalue weighted by molar-refractivity contribution is 5.98. The highest BCUT2D eigenvalue weighted by atomic mass is 16.4. The molecule has 3 rings (SSSR count). The first-order valence-electron chi connectivity index (χ1n) is 23.7. The van der Waals surface area contributed by atoms with Crippen molar-refractivity contribution < 1.29 is 98.4 Å². The van der Waals surface area contributed by atoms with E-state index in [-0.39, 0.29) is 42.9 Å². The van der Waals surface area contributed by atoms with E-state index in [1.807, 2.05) is 0 Å². The molecule has 1 saturated heterocycles. The molecule has 0 aliphatic carbocycles. The fourth-order valence-electron chi connectivity index (χ4n) is 7.57. The van der Waals surface area contributed by atoms with Gasteiger partial charge in [-0.3, -0.25) is 52.7 Å². The lowest BCUT2D eigenvalue weighted by atomic mass is 10.0. The molecule has 416 valence electrons. The Balaban J connectivity index is 2.00. The molecule has 29 heteroatoms. The number of phenols is 2. The van der Waals surface area contributed by atoms with Gasteiger partial charge in [-0.15, -0.1) is 0 Å². The van der Waals surface area contributed by atoms with Gasteiger partial charge in [-0.25, -0.2) is 4.79 Å². The van der Waals surface area contributed by atoms with Crippen molar-refractivity contribution in [1.29, 1.82) is 0 Å². The van der Waals surface area contributed by atoms with Gasteiger partial charge in [-0.2, -0.15) is 0 Å². The number of aliphatic carboxylic acids is 4. The number of rotatable bonds is 31. The summed E-state index contributed by atoms with van der Waals surface area (Å²) in [6.45, 7) is -0.645. The SMILES string of the molecule is C[C@H](NC(=O)[C@@H](N)CO)C(=O)N[C@@H](CCC(=O)O)C(=O)N[C@@H](CCC(=O)O)C(=O)N[C@@H](Cc1ccc(O)cc1)C(=O)N[C@@H](CCC(=O)O)C(=O)N[C@@H](Cc1ccc(O)cc1)C(=O)N1CCC[C@H]1C(=O)N[C@@H](CO)C(=O)O. The quantitative estimate of drug-likeness (QED) is 0.0337. The molecule has 1 aliphatic rings. The Labute approximate surface area is 432 Å². The summed E-state index contributed by atoms with van der Waals surface area (Å²) in [5.74, 6) is -14.8. The Morgan fingerprint density at radius 3 is 1.33 bits per heavy atom. The molecule has 0 saturated carbocycles. The molecule has 0 unspecified atom stereocenters. The molecule has 9 atom stereocenters. The summed E-state index contributed by atoms with van der Waals surface area (Å²) in [6, 6.07) is -4.08. The van der Waals surface area contributed by atoms with Crippen molar-refractivity contribution in [1.82, 2.24) is 42.1 Å². The van der Waals surface area contributed by atoms with Gasteiger partial charge in [0.2, 0.25) is 47.3 Å². The van der Waals surface area contributed by atoms with Crippen molar-refractivity contribution in [2.24, 2.45) is 5.73 Å². The van der Waals surface area contributed by atoms with Crippen LogP contribution in [0.3, 0.4) is 0 Å². The Morgan fingerprint density at radius 2 is 0.921 bits per heavy atom. The molecular formula is C47H63N9O20. The Hall–Kier alpha value is -8.44. The van der Waals surface area contributed by atoms with Crippen LogP contribution in [0.25, 0.3) is 0 Å². The number of carbonyl (C=O) groups excluding carboxylic acids is 8. The van der Waals surface area contributed by atoms with Crippen LogP contribution in [-0.4, -0.2) is 191 Å². The maximum Gasteiger partial charge on any atom is 0.328 e. The van der Waals surface area contributed by atoms with Crippen LogP contribution >= 0.6 is 0 Å². The highest BCUT2D eigenvalue weighted by Crippen LogP contribution is 2.21. The maximum absolute atomic E-state index is 14.4. The van der Waals surface area contributed by atoms with E-state index >= 15 is 0 Å². The summed E-state index contributed by atoms with van der Waals surface area (Å²) in [7, 11) is 0. The number of amides is 8. The Kier molecular flexibility index (Phi) is 24.5. The molecule has 1 heterocycles. The normalized spacial score (nSPS) is 16.1. The largest absolute Gasteiger partial charge is 0.508 e. The van der Waals surface area contributed by atoms with Crippen LogP contribution in [0.15, 0.2) is 48.5 Å². The number of carboxylic acids is 4. The van der Waals surface area contributed by atoms with E-state index in [1.54, 1.807) is 0 Å². The second-order valence-electron chi connectivity index (χ2n) is 17.6. The smallest absolute Gasteiger partial charge is 0.328 e. The van der Waals surface area contributed by atoms with Crippen molar-refractivity contribution in [3.8, 4) is 11.5 Å². The Morgan fingerprint density at radius 1 is 0.526 bits per heavy atom. The number of carboxylic acid groups (broad SMARTS) is 4. The summed E-state index contributed by atoms with van der Waals surface area (Å²) in [6.07, 6.45) is -4.67. The summed E-state index contributed by atoms with van der Waals surface area (Å²) >= 11 is 0. The number of hydrogen-bond acceptors (Lipinski definition) is 17. The number of carbonyl (C=O) groups is 12. The molecule has 8 amide bonds. The van der Waals surface area contributed by atoms with Gasteiger partial charge in [0.05, 0.1) is 13.2 Å². The van der Waals surface area contributed by atoms with Gasteiger partial charge >= 0.3 is 23.9 Å². The number of hydrogen-bond donors (Lipinski definition) is 16. The second kappa shape index (κ2) is 30.1. The minimum atomic E-state index is -1.85. The standard InChI is InChI=1S/C47H63N9O20/c1-23(49-40(68)28(48)21-57)39(67)50-29(12-15-36(61)62)41(69)51-30(13-16-37(63)64)42(70)53-32(19-24-4-8-26(59)9-5-24)44(72)52-31(14-17-38(65)66)43(71)54-33(20-25-6-10-27(60)11-7-25)46(74)56-18-2-3-35(56)45(73)55-34(22-58)47(75)76/h4-11,23,28-35,57-60H,2-3,12-22,48H2,1H3,(H,49,68)(H,50,67)(H,51,69)(H,52,72)(H,53,70)(H,54,71)(H,55,73)(H,61,62)(H,63,64)(H,65,66)(H,75,76)/t23-,28-,29-,30-,31-,32-,33-,34-,35-/m0/s1. The van der Waals surface area contributed by atoms with Crippen LogP contribution in [0.4, 0.5) is 0 Å². The summed E-state index contributed by atoms with van der Waals surface area (Å²) in [5.41, 5.74) is 6.08. The van der Waals surface area contributed by atoms with Crippen molar-refractivity contribution in [3.05, 3.63) is 59.7 Å². The first kappa shape index (κ1) is 61.9. The third-order valence-corrected chi connectivity index (χ3v) is 11.8. The second-order valence-corrected chi connectivity index (χ2v) is 17.6. The number of likely N-dealkylation sites (tertiary alicyclic amines) is 1. The van der Waals surface area contributed by atoms with Gasteiger partial charge in [0, 0.05) is 38.6 Å². The van der Waals surface area contributed by atoms with Gasteiger partial charge in [-0.1, -0.05) is 24.3 Å². The zero-order valence-corrected chi connectivity index (χ0v) is 41.0. The molecule has 0 bridgehead atoms. The predicted molar refractivity (Wildman–Crippen MR) is 258 cm³/mol. The average Bonchev–Trinajstić information content (AvgIpc) is 3.87. The molecule has 2 aromatic carbocycles. The van der Waals surface area contributed by atoms with E-state index in [1.165, 1.54) is 55.5 Å². The number of aliphatic hydroxyl groups excluding tert-OH is 2. The van der Waals surface area contributed by atoms with Crippen LogP contribution in [0, 0.1) is 0 Å². The Bertz CT molecular complexity index is 2420. The van der Waals surface area contributed by atoms with Gasteiger partial charge in [-0.05, 0) is 74.4 Å². The molecular weight excluding hydrogens is 1010 g/mol. The third kappa shape index (κ3) is 20.1. The molecule has 29 nitrogen and oxygen atoms in total. The van der Waals surface area contributed by atoms with Crippen LogP contribution in [-0.2, 0) is 70.4 Å². The molecule has 17 N–H and O–H groups in total. The van der Waals surface area contributed by atoms with E-state index in [0.29, 0.717) is 5.56 Å². The first-order valence-corrected chi connectivity index (χ1v) is 23.7. The minimum Gasteiger partial charge on any atom is -0.508 e. The van der Waals surface area contributed by atoms with Gasteiger partial charge in [0.1, 0.15) is 65.9 Å². The molecule has 1 fully saturated rings. The van der Waals surface area contributed by atoms with E-state index in [2.05, 4.69) is 37.2 Å². The predicted octanol–water partition coefficient (Wildman–Crippen LogP) is -4.72. The van der Waals surface area contributed by atoms with E-state index in [4.69, 9.17) is 5.73 Å². The number of phenolic OH excluding ortho intramolecular Hbond substituents is 2. The fraction of sp³-hybridized carbons (Fsp3) is 0.489. The lowest BCUT2D eigenvalue weighted by Gasteiger charge is -2.31. The lowest BCUT2D eigenvalue weighted by Crippen LogP contribution is -2.61. The van der Waals surface area contributed by atoms with Crippen LogP contribution < -0.4 is 43.0 Å². The van der Waals surface area contributed by atoms with E-state index < -0.39 is 184 Å². The van der Waals surface area contributed by atoms with Gasteiger partial charge in [0.25, 0.3) is 0 Å². The molecule has 0 radical (unpaired) electrons. The highest BCUT2D eigenvalue weighted by Gasteiger charge is 2.40. The monoisotopic (exact) mass is 1070 g/mol. The molecule has 1 aliphatic heterocycles. The van der Waals surface area contributed by atoms with Crippen LogP contribution in [0.5, 0.6) is 11.5 Å². The van der Waals surface area contributed by atoms with E-state index in [0.717, 1.165) is 4.90 Å². The fourth-order valence-corrected chi connectivity index (χ4v) is 7.57. The number of aliphatic hydroxyl groups is 2. The minimum absolute atomic E-state index is 0.0478. The van der Waals surface area contributed by atoms with Crippen LogP contribution in [0.2, 0.25) is 0 Å². The molecule has 0 spiro atoms. The summed E-state index contributed by atoms with van der Waals surface area (Å²) in [4.78, 5) is 157. The van der Waals surface area contributed by atoms with Crippen molar-refractivity contribution >= 4 is 71.1 Å². The summed E-state index contributed by atoms with van der Waals surface area (Å²) in [5, 5.41) is 92.6. The number of nitrogens with one attached hydrogen (secondary N) is 7. The number of aromatic hydroxyl groups is 2. The van der Waals surface area contributed by atoms with Gasteiger partial charge in [0.15, 0.2) is 0 Å². The van der Waals surface area contributed by atoms with Crippen molar-refractivity contribution in [2.45, 2.75) is 126 Å². The first-order chi connectivity index (χ1) is 35.8. The number of nitrogens with zero attached hydrogens (tertiary/aromatic N) is 1. The zero-order chi connectivity index (χ0) is 56.8. The summed E-state index contributed by atoms with van der Waals surface area (Å²) < 4.78 is 0. The van der Waals surface area contributed by atoms with Crippen molar-refractivity contribution in [3.63, 3.8) is 0 Å². The van der Waals surface area contributed by atoms with Gasteiger partial charge < -0.3 is 88.7 Å². The van der Waals surface area contributed by atoms with E-state index in [9.17, 15) is 98.4 Å².